The highest BCUT2D eigenvalue weighted by Crippen LogP contribution is 2.33. The SMILES string of the molecule is CCOC(=O)C1Cc2cc([N+](=O)[O-])cc(C#N)c2C1. The molecule has 2 rings (SSSR count). The Morgan fingerprint density at radius 1 is 1.58 bits per heavy atom. The van der Waals surface area contributed by atoms with Crippen molar-refractivity contribution < 1.29 is 14.5 Å². The number of nitro benzene ring substituents is 1. The summed E-state index contributed by atoms with van der Waals surface area (Å²) in [6, 6.07) is 4.65. The van der Waals surface area contributed by atoms with Crippen LogP contribution < -0.4 is 0 Å². The molecule has 0 N–H and O–H groups in total. The van der Waals surface area contributed by atoms with Gasteiger partial charge in [-0.05, 0) is 30.9 Å². The van der Waals surface area contributed by atoms with Crippen molar-refractivity contribution in [1.29, 1.82) is 5.26 Å². The quantitative estimate of drug-likeness (QED) is 0.469. The van der Waals surface area contributed by atoms with E-state index in [0.717, 1.165) is 5.56 Å². The van der Waals surface area contributed by atoms with Crippen LogP contribution in [-0.2, 0) is 22.4 Å². The predicted molar refractivity (Wildman–Crippen MR) is 65.3 cm³/mol. The molecule has 0 saturated carbocycles. The van der Waals surface area contributed by atoms with E-state index in [0.29, 0.717) is 25.0 Å². The van der Waals surface area contributed by atoms with Gasteiger partial charge in [0.05, 0.1) is 29.1 Å². The molecule has 0 aromatic heterocycles. The van der Waals surface area contributed by atoms with Crippen molar-refractivity contribution in [1.82, 2.24) is 0 Å². The molecule has 98 valence electrons. The van der Waals surface area contributed by atoms with E-state index in [1.165, 1.54) is 12.1 Å². The lowest BCUT2D eigenvalue weighted by Crippen LogP contribution is -2.17. The molecule has 1 aromatic carbocycles. The molecule has 0 heterocycles. The highest BCUT2D eigenvalue weighted by atomic mass is 16.6. The van der Waals surface area contributed by atoms with Gasteiger partial charge in [-0.1, -0.05) is 0 Å². The number of rotatable bonds is 3. The summed E-state index contributed by atoms with van der Waals surface area (Å²) >= 11 is 0. The third kappa shape index (κ3) is 2.40. The van der Waals surface area contributed by atoms with Crippen LogP contribution in [0.3, 0.4) is 0 Å². The Morgan fingerprint density at radius 2 is 2.32 bits per heavy atom. The second-order valence-corrected chi connectivity index (χ2v) is 4.36. The van der Waals surface area contributed by atoms with Crippen LogP contribution in [0.15, 0.2) is 12.1 Å². The molecule has 1 atom stereocenters. The maximum atomic E-state index is 11.7. The van der Waals surface area contributed by atoms with Crippen molar-refractivity contribution in [3.05, 3.63) is 38.9 Å². The van der Waals surface area contributed by atoms with Crippen molar-refractivity contribution in [3.63, 3.8) is 0 Å². The van der Waals surface area contributed by atoms with E-state index >= 15 is 0 Å². The summed E-state index contributed by atoms with van der Waals surface area (Å²) in [6.45, 7) is 2.03. The van der Waals surface area contributed by atoms with Gasteiger partial charge in [-0.25, -0.2) is 0 Å². The van der Waals surface area contributed by atoms with Gasteiger partial charge in [0.25, 0.3) is 5.69 Å². The summed E-state index contributed by atoms with van der Waals surface area (Å²) in [5, 5.41) is 19.8. The number of nitriles is 1. The lowest BCUT2D eigenvalue weighted by Gasteiger charge is -2.06. The zero-order chi connectivity index (χ0) is 14.0. The molecule has 0 saturated heterocycles. The standard InChI is InChI=1S/C13H12N2O4/c1-2-19-13(16)9-3-8-4-11(15(17)18)5-10(7-14)12(8)6-9/h4-5,9H,2-3,6H2,1H3. The van der Waals surface area contributed by atoms with Crippen molar-refractivity contribution >= 4 is 11.7 Å². The van der Waals surface area contributed by atoms with E-state index < -0.39 is 4.92 Å². The van der Waals surface area contributed by atoms with Crippen molar-refractivity contribution in [2.24, 2.45) is 5.92 Å². The average Bonchev–Trinajstić information content (AvgIpc) is 2.81. The van der Waals surface area contributed by atoms with Crippen LogP contribution in [0.1, 0.15) is 23.6 Å². The molecule has 6 nitrogen and oxygen atoms in total. The molecule has 0 spiro atoms. The Balaban J connectivity index is 2.35. The van der Waals surface area contributed by atoms with E-state index in [9.17, 15) is 14.9 Å². The smallest absolute Gasteiger partial charge is 0.309 e. The van der Waals surface area contributed by atoms with Gasteiger partial charge < -0.3 is 4.74 Å². The normalized spacial score (nSPS) is 16.5. The molecule has 6 heteroatoms. The number of hydrogen-bond acceptors (Lipinski definition) is 5. The predicted octanol–water partition coefficient (Wildman–Crippen LogP) is 1.74. The minimum absolute atomic E-state index is 0.111. The number of fused-ring (bicyclic) bond motifs is 1. The van der Waals surface area contributed by atoms with Crippen LogP contribution in [0.4, 0.5) is 5.69 Å². The second kappa shape index (κ2) is 5.06. The molecule has 1 aliphatic rings. The Bertz CT molecular complexity index is 589. The highest BCUT2D eigenvalue weighted by molar-refractivity contribution is 5.75. The number of nitrogens with zero attached hydrogens (tertiary/aromatic N) is 2. The molecule has 0 bridgehead atoms. The molecular formula is C13H12N2O4. The molecule has 1 unspecified atom stereocenters. The number of esters is 1. The molecule has 1 aromatic rings. The number of carbonyl (C=O) groups is 1. The fraction of sp³-hybridized carbons (Fsp3) is 0.385. The summed E-state index contributed by atoms with van der Waals surface area (Å²) in [4.78, 5) is 22.0. The fourth-order valence-corrected chi connectivity index (χ4v) is 2.35. The number of non-ortho nitro benzene ring substituents is 1. The first kappa shape index (κ1) is 13.0. The van der Waals surface area contributed by atoms with Crippen LogP contribution in [0.25, 0.3) is 0 Å². The van der Waals surface area contributed by atoms with Gasteiger partial charge in [0.15, 0.2) is 0 Å². The largest absolute Gasteiger partial charge is 0.466 e. The minimum atomic E-state index is -0.529. The first-order valence-corrected chi connectivity index (χ1v) is 5.93. The zero-order valence-corrected chi connectivity index (χ0v) is 10.4. The number of benzene rings is 1. The summed E-state index contributed by atoms with van der Waals surface area (Å²) in [6.07, 6.45) is 0.805. The van der Waals surface area contributed by atoms with Crippen LogP contribution in [0, 0.1) is 27.4 Å². The van der Waals surface area contributed by atoms with Gasteiger partial charge >= 0.3 is 5.97 Å². The minimum Gasteiger partial charge on any atom is -0.466 e. The van der Waals surface area contributed by atoms with E-state index in [1.807, 2.05) is 6.07 Å². The lowest BCUT2D eigenvalue weighted by molar-refractivity contribution is -0.384. The van der Waals surface area contributed by atoms with Crippen molar-refractivity contribution in [3.8, 4) is 6.07 Å². The number of hydrogen-bond donors (Lipinski definition) is 0. The Morgan fingerprint density at radius 3 is 2.89 bits per heavy atom. The number of ether oxygens (including phenoxy) is 1. The van der Waals surface area contributed by atoms with Gasteiger partial charge in [-0.15, -0.1) is 0 Å². The monoisotopic (exact) mass is 260 g/mol. The van der Waals surface area contributed by atoms with Gasteiger partial charge in [-0.2, -0.15) is 5.26 Å². The Kier molecular flexibility index (Phi) is 3.47. The first-order valence-electron chi connectivity index (χ1n) is 5.93. The Hall–Kier alpha value is -2.42. The molecule has 19 heavy (non-hydrogen) atoms. The molecule has 0 radical (unpaired) electrons. The summed E-state index contributed by atoms with van der Waals surface area (Å²) in [5.41, 5.74) is 1.59. The van der Waals surface area contributed by atoms with E-state index in [4.69, 9.17) is 10.00 Å². The third-order valence-electron chi connectivity index (χ3n) is 3.20. The summed E-state index contributed by atoms with van der Waals surface area (Å²) < 4.78 is 4.95. The van der Waals surface area contributed by atoms with Crippen LogP contribution >= 0.6 is 0 Å². The van der Waals surface area contributed by atoms with Crippen molar-refractivity contribution in [2.75, 3.05) is 6.61 Å². The molecular weight excluding hydrogens is 248 g/mol. The summed E-state index contributed by atoms with van der Waals surface area (Å²) in [5.74, 6) is -0.658. The van der Waals surface area contributed by atoms with Gasteiger partial charge in [-0.3, -0.25) is 14.9 Å². The maximum absolute atomic E-state index is 11.7. The lowest BCUT2D eigenvalue weighted by atomic mass is 10.0. The van der Waals surface area contributed by atoms with Gasteiger partial charge in [0.2, 0.25) is 0 Å². The van der Waals surface area contributed by atoms with Crippen LogP contribution in [-0.4, -0.2) is 17.5 Å². The van der Waals surface area contributed by atoms with Gasteiger partial charge in [0, 0.05) is 12.1 Å². The third-order valence-corrected chi connectivity index (χ3v) is 3.20. The fourth-order valence-electron chi connectivity index (χ4n) is 2.35. The van der Waals surface area contributed by atoms with Crippen molar-refractivity contribution in [2.45, 2.75) is 19.8 Å². The first-order chi connectivity index (χ1) is 9.06. The number of carbonyl (C=O) groups excluding carboxylic acids is 1. The maximum Gasteiger partial charge on any atom is 0.309 e. The second-order valence-electron chi connectivity index (χ2n) is 4.36. The summed E-state index contributed by atoms with van der Waals surface area (Å²) in [7, 11) is 0. The highest BCUT2D eigenvalue weighted by Gasteiger charge is 2.32. The molecule has 0 fully saturated rings. The molecule has 0 aliphatic heterocycles. The van der Waals surface area contributed by atoms with E-state index in [2.05, 4.69) is 0 Å². The zero-order valence-electron chi connectivity index (χ0n) is 10.4. The number of nitro groups is 1. The molecule has 1 aliphatic carbocycles. The topological polar surface area (TPSA) is 93.2 Å². The van der Waals surface area contributed by atoms with Gasteiger partial charge in [0.1, 0.15) is 0 Å². The molecule has 0 amide bonds. The van der Waals surface area contributed by atoms with E-state index in [1.54, 1.807) is 6.92 Å². The Labute approximate surface area is 109 Å². The average molecular weight is 260 g/mol. The van der Waals surface area contributed by atoms with E-state index in [-0.39, 0.29) is 23.1 Å². The van der Waals surface area contributed by atoms with Crippen LogP contribution in [0.5, 0.6) is 0 Å². The van der Waals surface area contributed by atoms with Crippen LogP contribution in [0.2, 0.25) is 0 Å².